The predicted octanol–water partition coefficient (Wildman–Crippen LogP) is 1.96. The lowest BCUT2D eigenvalue weighted by molar-refractivity contribution is -0.149. The molecule has 0 heterocycles. The van der Waals surface area contributed by atoms with Crippen molar-refractivity contribution in [2.45, 2.75) is 46.1 Å². The Morgan fingerprint density at radius 2 is 2.07 bits per heavy atom. The molecule has 0 aromatic carbocycles. The Hall–Kier alpha value is -0.570. The zero-order valence-corrected chi connectivity index (χ0v) is 10.1. The van der Waals surface area contributed by atoms with Crippen molar-refractivity contribution >= 4 is 5.97 Å². The monoisotopic (exact) mass is 213 g/mol. The minimum atomic E-state index is 0.00440. The van der Waals surface area contributed by atoms with E-state index in [9.17, 15) is 4.79 Å². The number of carbonyl (C=O) groups excluding carboxylic acids is 1. The minimum absolute atomic E-state index is 0.00440. The standard InChI is InChI=1S/C12H23NO2/c1-4-9-7-10(13-5-2)8-11(9)12(14)15-6-3/h9-11,13H,4-8H2,1-3H3/t9-,10+,11+/m1/s1. The summed E-state index contributed by atoms with van der Waals surface area (Å²) in [6.07, 6.45) is 3.14. The molecule has 3 heteroatoms. The molecular weight excluding hydrogens is 190 g/mol. The van der Waals surface area contributed by atoms with Crippen LogP contribution in [0.15, 0.2) is 0 Å². The zero-order valence-electron chi connectivity index (χ0n) is 10.1. The molecule has 0 bridgehead atoms. The fourth-order valence-electron chi connectivity index (χ4n) is 2.57. The molecule has 1 aliphatic rings. The van der Waals surface area contributed by atoms with Gasteiger partial charge in [-0.3, -0.25) is 4.79 Å². The average Bonchev–Trinajstić information content (AvgIpc) is 2.62. The maximum absolute atomic E-state index is 11.7. The minimum Gasteiger partial charge on any atom is -0.466 e. The number of carbonyl (C=O) groups is 1. The first kappa shape index (κ1) is 12.5. The van der Waals surface area contributed by atoms with Crippen LogP contribution in [0.1, 0.15) is 40.0 Å². The van der Waals surface area contributed by atoms with Gasteiger partial charge in [0.25, 0.3) is 0 Å². The molecule has 0 spiro atoms. The lowest BCUT2D eigenvalue weighted by atomic mass is 9.94. The van der Waals surface area contributed by atoms with Gasteiger partial charge in [-0.15, -0.1) is 0 Å². The van der Waals surface area contributed by atoms with Crippen LogP contribution in [0.4, 0.5) is 0 Å². The largest absolute Gasteiger partial charge is 0.466 e. The molecule has 1 fully saturated rings. The molecule has 1 saturated carbocycles. The number of hydrogen-bond acceptors (Lipinski definition) is 3. The molecule has 1 aliphatic carbocycles. The highest BCUT2D eigenvalue weighted by Crippen LogP contribution is 2.35. The summed E-state index contributed by atoms with van der Waals surface area (Å²) in [5, 5.41) is 3.43. The van der Waals surface area contributed by atoms with E-state index in [1.807, 2.05) is 6.92 Å². The maximum Gasteiger partial charge on any atom is 0.309 e. The molecule has 0 amide bonds. The first-order valence-electron chi connectivity index (χ1n) is 6.12. The maximum atomic E-state index is 11.7. The predicted molar refractivity (Wildman–Crippen MR) is 60.6 cm³/mol. The molecule has 0 aromatic rings. The van der Waals surface area contributed by atoms with E-state index in [2.05, 4.69) is 19.2 Å². The molecule has 3 atom stereocenters. The Morgan fingerprint density at radius 1 is 1.33 bits per heavy atom. The van der Waals surface area contributed by atoms with Gasteiger partial charge in [-0.2, -0.15) is 0 Å². The molecule has 0 radical (unpaired) electrons. The Morgan fingerprint density at radius 3 is 2.60 bits per heavy atom. The fraction of sp³-hybridized carbons (Fsp3) is 0.917. The fourth-order valence-corrected chi connectivity index (χ4v) is 2.57. The number of nitrogens with one attached hydrogen (secondary N) is 1. The highest BCUT2D eigenvalue weighted by atomic mass is 16.5. The topological polar surface area (TPSA) is 38.3 Å². The van der Waals surface area contributed by atoms with Crippen molar-refractivity contribution in [3.05, 3.63) is 0 Å². The quantitative estimate of drug-likeness (QED) is 0.709. The van der Waals surface area contributed by atoms with Gasteiger partial charge in [0, 0.05) is 6.04 Å². The Bertz CT molecular complexity index is 206. The van der Waals surface area contributed by atoms with Crippen molar-refractivity contribution in [1.82, 2.24) is 5.32 Å². The van der Waals surface area contributed by atoms with E-state index in [1.54, 1.807) is 0 Å². The van der Waals surface area contributed by atoms with Crippen LogP contribution >= 0.6 is 0 Å². The van der Waals surface area contributed by atoms with Gasteiger partial charge in [0.1, 0.15) is 0 Å². The van der Waals surface area contributed by atoms with E-state index in [0.717, 1.165) is 25.8 Å². The summed E-state index contributed by atoms with van der Waals surface area (Å²) in [5.74, 6) is 0.636. The molecule has 1 rings (SSSR count). The van der Waals surface area contributed by atoms with E-state index in [1.165, 1.54) is 0 Å². The van der Waals surface area contributed by atoms with Gasteiger partial charge in [0.05, 0.1) is 12.5 Å². The van der Waals surface area contributed by atoms with Crippen LogP contribution in [0.2, 0.25) is 0 Å². The SMILES string of the molecule is CCN[C@H]1C[C@@H](CC)[C@@H](C(=O)OCC)C1. The van der Waals surface area contributed by atoms with Gasteiger partial charge in [-0.25, -0.2) is 0 Å². The number of hydrogen-bond donors (Lipinski definition) is 1. The molecule has 3 nitrogen and oxygen atoms in total. The zero-order chi connectivity index (χ0) is 11.3. The van der Waals surface area contributed by atoms with Crippen molar-refractivity contribution in [1.29, 1.82) is 0 Å². The summed E-state index contributed by atoms with van der Waals surface area (Å²) in [6.45, 7) is 7.62. The third-order valence-electron chi connectivity index (χ3n) is 3.30. The number of esters is 1. The van der Waals surface area contributed by atoms with Crippen molar-refractivity contribution in [2.24, 2.45) is 11.8 Å². The van der Waals surface area contributed by atoms with Crippen LogP contribution in [0, 0.1) is 11.8 Å². The summed E-state index contributed by atoms with van der Waals surface area (Å²) in [4.78, 5) is 11.7. The summed E-state index contributed by atoms with van der Waals surface area (Å²) in [6, 6.07) is 0.509. The third kappa shape index (κ3) is 3.20. The highest BCUT2D eigenvalue weighted by Gasteiger charge is 2.37. The van der Waals surface area contributed by atoms with Crippen molar-refractivity contribution < 1.29 is 9.53 Å². The van der Waals surface area contributed by atoms with Gasteiger partial charge in [-0.1, -0.05) is 20.3 Å². The molecule has 0 aliphatic heterocycles. The van der Waals surface area contributed by atoms with Gasteiger partial charge < -0.3 is 10.1 Å². The van der Waals surface area contributed by atoms with Crippen LogP contribution in [0.3, 0.4) is 0 Å². The van der Waals surface area contributed by atoms with Crippen molar-refractivity contribution in [3.8, 4) is 0 Å². The second kappa shape index (κ2) is 6.11. The summed E-state index contributed by atoms with van der Waals surface area (Å²) < 4.78 is 5.12. The average molecular weight is 213 g/mol. The van der Waals surface area contributed by atoms with Crippen LogP contribution in [0.25, 0.3) is 0 Å². The Labute approximate surface area is 92.6 Å². The third-order valence-corrected chi connectivity index (χ3v) is 3.30. The smallest absolute Gasteiger partial charge is 0.309 e. The van der Waals surface area contributed by atoms with Crippen LogP contribution < -0.4 is 5.32 Å². The van der Waals surface area contributed by atoms with E-state index in [0.29, 0.717) is 18.6 Å². The summed E-state index contributed by atoms with van der Waals surface area (Å²) in [7, 11) is 0. The van der Waals surface area contributed by atoms with Crippen LogP contribution in [0.5, 0.6) is 0 Å². The highest BCUT2D eigenvalue weighted by molar-refractivity contribution is 5.73. The normalized spacial score (nSPS) is 30.5. The van der Waals surface area contributed by atoms with Crippen molar-refractivity contribution in [3.63, 3.8) is 0 Å². The van der Waals surface area contributed by atoms with E-state index < -0.39 is 0 Å². The molecule has 1 N–H and O–H groups in total. The van der Waals surface area contributed by atoms with E-state index >= 15 is 0 Å². The Kier molecular flexibility index (Phi) is 5.09. The van der Waals surface area contributed by atoms with Gasteiger partial charge in [-0.05, 0) is 32.2 Å². The Balaban J connectivity index is 2.51. The molecule has 88 valence electrons. The molecule has 0 unspecified atom stereocenters. The summed E-state index contributed by atoms with van der Waals surface area (Å²) >= 11 is 0. The van der Waals surface area contributed by atoms with E-state index in [-0.39, 0.29) is 11.9 Å². The summed E-state index contributed by atoms with van der Waals surface area (Å²) in [5.41, 5.74) is 0. The van der Waals surface area contributed by atoms with Crippen LogP contribution in [-0.2, 0) is 9.53 Å². The lowest BCUT2D eigenvalue weighted by Gasteiger charge is -2.15. The second-order valence-electron chi connectivity index (χ2n) is 4.25. The number of ether oxygens (including phenoxy) is 1. The molecule has 15 heavy (non-hydrogen) atoms. The molecular formula is C12H23NO2. The molecule has 0 saturated heterocycles. The van der Waals surface area contributed by atoms with Gasteiger partial charge in [0.2, 0.25) is 0 Å². The van der Waals surface area contributed by atoms with Crippen LogP contribution in [-0.4, -0.2) is 25.2 Å². The lowest BCUT2D eigenvalue weighted by Crippen LogP contribution is -2.27. The first-order chi connectivity index (χ1) is 7.22. The van der Waals surface area contributed by atoms with Gasteiger partial charge in [0.15, 0.2) is 0 Å². The first-order valence-corrected chi connectivity index (χ1v) is 6.12. The van der Waals surface area contributed by atoms with Crippen molar-refractivity contribution in [2.75, 3.05) is 13.2 Å². The molecule has 0 aromatic heterocycles. The second-order valence-corrected chi connectivity index (χ2v) is 4.25. The van der Waals surface area contributed by atoms with E-state index in [4.69, 9.17) is 4.74 Å². The van der Waals surface area contributed by atoms with Gasteiger partial charge >= 0.3 is 5.97 Å². The number of rotatable bonds is 5.